The molecule has 1 saturated heterocycles. The molecular formula is C20H21NO13. The van der Waals surface area contributed by atoms with Crippen LogP contribution in [0.4, 0.5) is 5.69 Å². The Kier molecular flexibility index (Phi) is 8.61. The fourth-order valence-corrected chi connectivity index (χ4v) is 3.15. The summed E-state index contributed by atoms with van der Waals surface area (Å²) >= 11 is 0. The lowest BCUT2D eigenvalue weighted by Crippen LogP contribution is -2.64. The molecule has 0 saturated carbocycles. The summed E-state index contributed by atoms with van der Waals surface area (Å²) in [5.74, 6) is -4.17. The van der Waals surface area contributed by atoms with E-state index in [0.29, 0.717) is 6.29 Å². The number of esters is 4. The molecule has 1 fully saturated rings. The van der Waals surface area contributed by atoms with Crippen molar-refractivity contribution in [1.82, 2.24) is 0 Å². The van der Waals surface area contributed by atoms with Crippen molar-refractivity contribution < 1.29 is 57.3 Å². The lowest BCUT2D eigenvalue weighted by atomic mass is 9.97. The number of nitro groups is 1. The van der Waals surface area contributed by atoms with E-state index in [0.717, 1.165) is 40.0 Å². The highest BCUT2D eigenvalue weighted by Crippen LogP contribution is 2.34. The number of rotatable bonds is 8. The Bertz CT molecular complexity index is 991. The number of hydrogen-bond donors (Lipinski definition) is 0. The number of ether oxygens (including phenoxy) is 6. The monoisotopic (exact) mass is 483 g/mol. The normalized spacial score (nSPS) is 23.7. The SMILES string of the molecule is COC(=O)[C@H]1OC(Oc2ccc(C=O)cc2[N+](=O)[O-])[C@H](OC(C)=O)[C@@H](OC(C)=O)[C@@H]1OC(C)=O. The summed E-state index contributed by atoms with van der Waals surface area (Å²) in [7, 11) is 1.01. The van der Waals surface area contributed by atoms with E-state index in [4.69, 9.17) is 23.7 Å². The van der Waals surface area contributed by atoms with E-state index < -0.39 is 70.9 Å². The summed E-state index contributed by atoms with van der Waals surface area (Å²) in [6, 6.07) is 3.22. The van der Waals surface area contributed by atoms with Crippen LogP contribution in [0.2, 0.25) is 0 Å². The first-order valence-electron chi connectivity index (χ1n) is 9.63. The number of benzene rings is 1. The molecule has 0 N–H and O–H groups in total. The Balaban J connectivity index is 2.59. The van der Waals surface area contributed by atoms with Gasteiger partial charge >= 0.3 is 29.6 Å². The second-order valence-corrected chi connectivity index (χ2v) is 6.89. The second-order valence-electron chi connectivity index (χ2n) is 6.89. The minimum atomic E-state index is -1.77. The van der Waals surface area contributed by atoms with Gasteiger partial charge in [0.25, 0.3) is 0 Å². The van der Waals surface area contributed by atoms with Gasteiger partial charge in [0.15, 0.2) is 24.1 Å². The van der Waals surface area contributed by atoms with Crippen molar-refractivity contribution in [3.05, 3.63) is 33.9 Å². The summed E-state index contributed by atoms with van der Waals surface area (Å²) in [5, 5.41) is 11.5. The van der Waals surface area contributed by atoms with Crippen LogP contribution in [0.3, 0.4) is 0 Å². The van der Waals surface area contributed by atoms with Crippen molar-refractivity contribution in [3.63, 3.8) is 0 Å². The molecule has 14 heteroatoms. The zero-order valence-corrected chi connectivity index (χ0v) is 18.5. The summed E-state index contributed by atoms with van der Waals surface area (Å²) in [5.41, 5.74) is -0.671. The molecular weight excluding hydrogens is 462 g/mol. The Morgan fingerprint density at radius 3 is 2.03 bits per heavy atom. The van der Waals surface area contributed by atoms with E-state index in [1.165, 1.54) is 6.07 Å². The Morgan fingerprint density at radius 2 is 1.53 bits per heavy atom. The molecule has 1 aliphatic rings. The highest BCUT2D eigenvalue weighted by atomic mass is 16.7. The topological polar surface area (TPSA) is 184 Å². The van der Waals surface area contributed by atoms with Gasteiger partial charge in [0.2, 0.25) is 12.4 Å². The summed E-state index contributed by atoms with van der Waals surface area (Å²) in [6.07, 6.45) is -8.01. The van der Waals surface area contributed by atoms with Gasteiger partial charge in [-0.05, 0) is 12.1 Å². The third kappa shape index (κ3) is 6.25. The Morgan fingerprint density at radius 1 is 0.971 bits per heavy atom. The van der Waals surface area contributed by atoms with E-state index in [9.17, 15) is 34.1 Å². The molecule has 0 aliphatic carbocycles. The molecule has 34 heavy (non-hydrogen) atoms. The van der Waals surface area contributed by atoms with Gasteiger partial charge in [-0.3, -0.25) is 29.3 Å². The van der Waals surface area contributed by atoms with Crippen LogP contribution in [0.1, 0.15) is 31.1 Å². The van der Waals surface area contributed by atoms with Crippen LogP contribution in [0.25, 0.3) is 0 Å². The smallest absolute Gasteiger partial charge is 0.339 e. The predicted molar refractivity (Wildman–Crippen MR) is 106 cm³/mol. The summed E-state index contributed by atoms with van der Waals surface area (Å²) in [6.45, 7) is 3.04. The molecule has 14 nitrogen and oxygen atoms in total. The van der Waals surface area contributed by atoms with Gasteiger partial charge in [-0.2, -0.15) is 0 Å². The predicted octanol–water partition coefficient (Wildman–Crippen LogP) is 0.479. The standard InChI is InChI=1S/C20H21NO13/c1-9(23)30-15-16(31-10(2)24)18(32-11(3)25)20(34-17(15)19(26)29-4)33-14-6-5-12(8-22)7-13(14)21(27)28/h5-8,15-18,20H,1-4H3/t15-,16-,17-,18+,20?/m0/s1. The molecule has 0 aromatic heterocycles. The molecule has 0 spiro atoms. The molecule has 1 unspecified atom stereocenters. The maximum Gasteiger partial charge on any atom is 0.339 e. The van der Waals surface area contributed by atoms with E-state index >= 15 is 0 Å². The van der Waals surface area contributed by atoms with Gasteiger partial charge in [0, 0.05) is 32.4 Å². The number of methoxy groups -OCH3 is 1. The number of nitrogens with zero attached hydrogens (tertiary/aromatic N) is 1. The van der Waals surface area contributed by atoms with Gasteiger partial charge in [0.05, 0.1) is 12.0 Å². The number of carbonyl (C=O) groups is 5. The molecule has 0 bridgehead atoms. The molecule has 1 aromatic rings. The summed E-state index contributed by atoms with van der Waals surface area (Å²) in [4.78, 5) is 69.2. The number of carbonyl (C=O) groups excluding carboxylic acids is 5. The minimum absolute atomic E-state index is 0.0275. The maximum atomic E-state index is 12.4. The average Bonchev–Trinajstić information content (AvgIpc) is 2.76. The quantitative estimate of drug-likeness (QED) is 0.164. The van der Waals surface area contributed by atoms with Crippen LogP contribution in [0, 0.1) is 10.1 Å². The first-order valence-corrected chi connectivity index (χ1v) is 9.63. The molecule has 1 heterocycles. The maximum absolute atomic E-state index is 12.4. The van der Waals surface area contributed by atoms with Gasteiger partial charge in [-0.1, -0.05) is 0 Å². The van der Waals surface area contributed by atoms with Crippen molar-refractivity contribution in [2.75, 3.05) is 7.11 Å². The van der Waals surface area contributed by atoms with Gasteiger partial charge in [-0.25, -0.2) is 4.79 Å². The van der Waals surface area contributed by atoms with Crippen LogP contribution < -0.4 is 4.74 Å². The van der Waals surface area contributed by atoms with Crippen molar-refractivity contribution in [2.24, 2.45) is 0 Å². The summed E-state index contributed by atoms with van der Waals surface area (Å²) < 4.78 is 31.2. The molecule has 1 aliphatic heterocycles. The lowest BCUT2D eigenvalue weighted by Gasteiger charge is -2.42. The first-order chi connectivity index (χ1) is 16.0. The van der Waals surface area contributed by atoms with E-state index in [1.54, 1.807) is 0 Å². The Hall–Kier alpha value is -4.07. The number of hydrogen-bond acceptors (Lipinski definition) is 13. The molecule has 0 amide bonds. The van der Waals surface area contributed by atoms with Crippen LogP contribution in [-0.4, -0.2) is 72.9 Å². The van der Waals surface area contributed by atoms with Crippen LogP contribution in [0.5, 0.6) is 5.75 Å². The van der Waals surface area contributed by atoms with E-state index in [1.807, 2.05) is 0 Å². The fraction of sp³-hybridized carbons (Fsp3) is 0.450. The molecule has 1 aromatic carbocycles. The van der Waals surface area contributed by atoms with Crippen molar-refractivity contribution in [3.8, 4) is 5.75 Å². The van der Waals surface area contributed by atoms with Crippen molar-refractivity contribution in [2.45, 2.75) is 51.5 Å². The average molecular weight is 483 g/mol. The van der Waals surface area contributed by atoms with Gasteiger partial charge < -0.3 is 28.4 Å². The van der Waals surface area contributed by atoms with Crippen molar-refractivity contribution in [1.29, 1.82) is 0 Å². The first kappa shape index (κ1) is 26.2. The fourth-order valence-electron chi connectivity index (χ4n) is 3.15. The largest absolute Gasteiger partial charge is 0.467 e. The second kappa shape index (κ2) is 11.2. The van der Waals surface area contributed by atoms with Crippen LogP contribution in [-0.2, 0) is 42.9 Å². The third-order valence-corrected chi connectivity index (χ3v) is 4.39. The van der Waals surface area contributed by atoms with Crippen LogP contribution >= 0.6 is 0 Å². The van der Waals surface area contributed by atoms with Gasteiger partial charge in [-0.15, -0.1) is 0 Å². The number of nitro benzene ring substituents is 1. The zero-order valence-electron chi connectivity index (χ0n) is 18.5. The molecule has 2 rings (SSSR count). The minimum Gasteiger partial charge on any atom is -0.467 e. The Labute approximate surface area is 192 Å². The van der Waals surface area contributed by atoms with Gasteiger partial charge in [0.1, 0.15) is 6.29 Å². The van der Waals surface area contributed by atoms with Crippen LogP contribution in [0.15, 0.2) is 18.2 Å². The van der Waals surface area contributed by atoms with E-state index in [2.05, 4.69) is 4.74 Å². The zero-order chi connectivity index (χ0) is 25.6. The highest BCUT2D eigenvalue weighted by molar-refractivity contribution is 5.78. The third-order valence-electron chi connectivity index (χ3n) is 4.39. The molecule has 5 atom stereocenters. The van der Waals surface area contributed by atoms with Crippen molar-refractivity contribution >= 4 is 35.9 Å². The molecule has 184 valence electrons. The molecule has 0 radical (unpaired) electrons. The lowest BCUT2D eigenvalue weighted by molar-refractivity contribution is -0.387. The highest BCUT2D eigenvalue weighted by Gasteiger charge is 2.56. The number of aldehydes is 1. The van der Waals surface area contributed by atoms with E-state index in [-0.39, 0.29) is 5.56 Å².